The molecule has 0 radical (unpaired) electrons. The molecule has 4 heteroatoms. The molecule has 0 saturated carbocycles. The lowest BCUT2D eigenvalue weighted by molar-refractivity contribution is 0.318. The zero-order valence-corrected chi connectivity index (χ0v) is 11.8. The molecule has 2 rings (SSSR count). The van der Waals surface area contributed by atoms with Crippen LogP contribution in [0.15, 0.2) is 41.6 Å². The third-order valence-electron chi connectivity index (χ3n) is 3.14. The Morgan fingerprint density at radius 3 is 2.40 bits per heavy atom. The standard InChI is InChI=1S/C16H18N2O2/c1-10-4-7-15(12(3)8-10)20-13-5-6-14(11(2)9-13)16(17)18-19/h4-9,19H,1-3H3,(H2,17,18). The maximum Gasteiger partial charge on any atom is 0.170 e. The highest BCUT2D eigenvalue weighted by Crippen LogP contribution is 2.27. The van der Waals surface area contributed by atoms with Crippen LogP contribution in [0.4, 0.5) is 0 Å². The Morgan fingerprint density at radius 2 is 1.80 bits per heavy atom. The molecule has 0 aliphatic rings. The Kier molecular flexibility index (Phi) is 3.94. The maximum absolute atomic E-state index is 8.71. The molecule has 2 aromatic carbocycles. The summed E-state index contributed by atoms with van der Waals surface area (Å²) in [4.78, 5) is 0. The van der Waals surface area contributed by atoms with Crippen molar-refractivity contribution < 1.29 is 9.94 Å². The van der Waals surface area contributed by atoms with E-state index in [4.69, 9.17) is 15.7 Å². The Hall–Kier alpha value is -2.49. The quantitative estimate of drug-likeness (QED) is 0.388. The number of hydrogen-bond donors (Lipinski definition) is 2. The summed E-state index contributed by atoms with van der Waals surface area (Å²) in [5.41, 5.74) is 9.47. The smallest absolute Gasteiger partial charge is 0.170 e. The molecule has 0 saturated heterocycles. The van der Waals surface area contributed by atoms with Crippen LogP contribution in [0.3, 0.4) is 0 Å². The van der Waals surface area contributed by atoms with Crippen molar-refractivity contribution in [2.75, 3.05) is 0 Å². The van der Waals surface area contributed by atoms with Gasteiger partial charge in [0.15, 0.2) is 5.84 Å². The van der Waals surface area contributed by atoms with Gasteiger partial charge in [0, 0.05) is 5.56 Å². The van der Waals surface area contributed by atoms with Crippen LogP contribution in [-0.4, -0.2) is 11.0 Å². The molecule has 0 aliphatic carbocycles. The van der Waals surface area contributed by atoms with Crippen LogP contribution in [0.2, 0.25) is 0 Å². The van der Waals surface area contributed by atoms with Crippen LogP contribution < -0.4 is 10.5 Å². The first-order valence-electron chi connectivity index (χ1n) is 6.35. The Labute approximate surface area is 118 Å². The van der Waals surface area contributed by atoms with Gasteiger partial charge in [0.05, 0.1) is 0 Å². The molecule has 0 bridgehead atoms. The van der Waals surface area contributed by atoms with Crippen molar-refractivity contribution in [3.63, 3.8) is 0 Å². The number of hydrogen-bond acceptors (Lipinski definition) is 3. The fourth-order valence-corrected chi connectivity index (χ4v) is 2.08. The number of oxime groups is 1. The predicted octanol–water partition coefficient (Wildman–Crippen LogP) is 3.50. The molecule has 0 aliphatic heterocycles. The molecule has 0 aromatic heterocycles. The monoisotopic (exact) mass is 270 g/mol. The Balaban J connectivity index is 2.29. The van der Waals surface area contributed by atoms with Gasteiger partial charge in [-0.05, 0) is 56.2 Å². The number of nitrogens with two attached hydrogens (primary N) is 1. The van der Waals surface area contributed by atoms with E-state index in [0.717, 1.165) is 22.6 Å². The van der Waals surface area contributed by atoms with Gasteiger partial charge in [-0.15, -0.1) is 0 Å². The second-order valence-corrected chi connectivity index (χ2v) is 4.83. The van der Waals surface area contributed by atoms with Crippen molar-refractivity contribution >= 4 is 5.84 Å². The summed E-state index contributed by atoms with van der Waals surface area (Å²) in [6.45, 7) is 5.95. The molecular formula is C16H18N2O2. The van der Waals surface area contributed by atoms with Gasteiger partial charge in [-0.3, -0.25) is 0 Å². The van der Waals surface area contributed by atoms with Gasteiger partial charge < -0.3 is 15.7 Å². The largest absolute Gasteiger partial charge is 0.457 e. The minimum absolute atomic E-state index is 0.0977. The van der Waals surface area contributed by atoms with E-state index in [1.165, 1.54) is 5.56 Å². The van der Waals surface area contributed by atoms with E-state index in [2.05, 4.69) is 11.2 Å². The summed E-state index contributed by atoms with van der Waals surface area (Å²) in [7, 11) is 0. The average Bonchev–Trinajstić information content (AvgIpc) is 2.41. The summed E-state index contributed by atoms with van der Waals surface area (Å²) in [6, 6.07) is 11.5. The lowest BCUT2D eigenvalue weighted by atomic mass is 10.1. The Bertz CT molecular complexity index is 664. The van der Waals surface area contributed by atoms with Crippen molar-refractivity contribution in [3.8, 4) is 11.5 Å². The molecule has 3 N–H and O–H groups in total. The predicted molar refractivity (Wildman–Crippen MR) is 79.7 cm³/mol. The number of ether oxygens (including phenoxy) is 1. The van der Waals surface area contributed by atoms with E-state index in [-0.39, 0.29) is 5.84 Å². The van der Waals surface area contributed by atoms with Gasteiger partial charge in [0.25, 0.3) is 0 Å². The molecule has 0 heterocycles. The third kappa shape index (κ3) is 2.91. The van der Waals surface area contributed by atoms with Gasteiger partial charge in [-0.2, -0.15) is 0 Å². The topological polar surface area (TPSA) is 67.8 Å². The van der Waals surface area contributed by atoms with Crippen LogP contribution in [-0.2, 0) is 0 Å². The highest BCUT2D eigenvalue weighted by Gasteiger charge is 2.07. The van der Waals surface area contributed by atoms with E-state index in [9.17, 15) is 0 Å². The van der Waals surface area contributed by atoms with Crippen molar-refractivity contribution in [1.29, 1.82) is 0 Å². The van der Waals surface area contributed by atoms with Gasteiger partial charge in [-0.25, -0.2) is 0 Å². The molecule has 2 aromatic rings. The molecule has 4 nitrogen and oxygen atoms in total. The first-order chi connectivity index (χ1) is 9.51. The van der Waals surface area contributed by atoms with Gasteiger partial charge in [-0.1, -0.05) is 22.9 Å². The molecular weight excluding hydrogens is 252 g/mol. The lowest BCUT2D eigenvalue weighted by Crippen LogP contribution is -2.14. The maximum atomic E-state index is 8.71. The number of aryl methyl sites for hydroxylation is 3. The zero-order valence-electron chi connectivity index (χ0n) is 11.8. The van der Waals surface area contributed by atoms with E-state index in [1.54, 1.807) is 12.1 Å². The summed E-state index contributed by atoms with van der Waals surface area (Å²) in [6.07, 6.45) is 0. The summed E-state index contributed by atoms with van der Waals surface area (Å²) >= 11 is 0. The highest BCUT2D eigenvalue weighted by molar-refractivity contribution is 5.98. The van der Waals surface area contributed by atoms with Crippen molar-refractivity contribution in [2.45, 2.75) is 20.8 Å². The molecule has 104 valence electrons. The fourth-order valence-electron chi connectivity index (χ4n) is 2.08. The molecule has 0 atom stereocenters. The van der Waals surface area contributed by atoms with Gasteiger partial charge >= 0.3 is 0 Å². The van der Waals surface area contributed by atoms with Crippen molar-refractivity contribution in [1.82, 2.24) is 0 Å². The molecule has 0 fully saturated rings. The summed E-state index contributed by atoms with van der Waals surface area (Å²) < 4.78 is 5.87. The second-order valence-electron chi connectivity index (χ2n) is 4.83. The molecule has 0 spiro atoms. The van der Waals surface area contributed by atoms with Crippen LogP contribution in [0.5, 0.6) is 11.5 Å². The van der Waals surface area contributed by atoms with Crippen LogP contribution in [0.1, 0.15) is 22.3 Å². The third-order valence-corrected chi connectivity index (χ3v) is 3.14. The second kappa shape index (κ2) is 5.65. The first kappa shape index (κ1) is 13.9. The highest BCUT2D eigenvalue weighted by atomic mass is 16.5. The number of benzene rings is 2. The number of rotatable bonds is 3. The van der Waals surface area contributed by atoms with Crippen LogP contribution in [0.25, 0.3) is 0 Å². The van der Waals surface area contributed by atoms with Crippen molar-refractivity contribution in [2.24, 2.45) is 10.9 Å². The first-order valence-corrected chi connectivity index (χ1v) is 6.35. The fraction of sp³-hybridized carbons (Fsp3) is 0.188. The molecule has 0 unspecified atom stereocenters. The van der Waals surface area contributed by atoms with E-state index in [0.29, 0.717) is 5.56 Å². The molecule has 0 amide bonds. The minimum Gasteiger partial charge on any atom is -0.457 e. The lowest BCUT2D eigenvalue weighted by Gasteiger charge is -2.11. The normalized spacial score (nSPS) is 11.4. The van der Waals surface area contributed by atoms with E-state index >= 15 is 0 Å². The van der Waals surface area contributed by atoms with Crippen LogP contribution in [0, 0.1) is 20.8 Å². The van der Waals surface area contributed by atoms with Crippen LogP contribution >= 0.6 is 0 Å². The number of amidine groups is 1. The molecule has 20 heavy (non-hydrogen) atoms. The summed E-state index contributed by atoms with van der Waals surface area (Å²) in [5.74, 6) is 1.65. The van der Waals surface area contributed by atoms with E-state index < -0.39 is 0 Å². The Morgan fingerprint density at radius 1 is 1.05 bits per heavy atom. The van der Waals surface area contributed by atoms with Crippen molar-refractivity contribution in [3.05, 3.63) is 58.7 Å². The van der Waals surface area contributed by atoms with E-state index in [1.807, 2.05) is 39.0 Å². The minimum atomic E-state index is 0.0977. The SMILES string of the molecule is Cc1ccc(Oc2ccc(/C(N)=N/O)c(C)c2)c(C)c1. The zero-order chi connectivity index (χ0) is 14.7. The summed E-state index contributed by atoms with van der Waals surface area (Å²) in [5, 5.41) is 11.7. The average molecular weight is 270 g/mol. The van der Waals surface area contributed by atoms with Gasteiger partial charge in [0.2, 0.25) is 0 Å². The number of nitrogens with zero attached hydrogens (tertiary/aromatic N) is 1. The van der Waals surface area contributed by atoms with Gasteiger partial charge in [0.1, 0.15) is 11.5 Å².